The maximum absolute atomic E-state index is 14.4. The molecule has 0 atom stereocenters. The number of rotatable bonds is 9. The van der Waals surface area contributed by atoms with E-state index in [-0.39, 0.29) is 27.2 Å². The van der Waals surface area contributed by atoms with Gasteiger partial charge in [-0.15, -0.1) is 0 Å². The molecule has 0 aliphatic rings. The highest BCUT2D eigenvalue weighted by Crippen LogP contribution is 2.35. The van der Waals surface area contributed by atoms with Crippen LogP contribution in [-0.4, -0.2) is 26.1 Å². The lowest BCUT2D eigenvalue weighted by atomic mass is 10.0. The summed E-state index contributed by atoms with van der Waals surface area (Å²) in [6, 6.07) is 24.2. The van der Waals surface area contributed by atoms with Crippen molar-refractivity contribution in [1.29, 1.82) is 0 Å². The molecule has 6 nitrogen and oxygen atoms in total. The van der Waals surface area contributed by atoms with Crippen molar-refractivity contribution in [2.45, 2.75) is 11.4 Å². The Morgan fingerprint density at radius 2 is 1.49 bits per heavy atom. The Balaban J connectivity index is 1.70. The zero-order valence-corrected chi connectivity index (χ0v) is 21.5. The molecule has 0 aliphatic carbocycles. The van der Waals surface area contributed by atoms with Crippen LogP contribution < -0.4 is 9.04 Å². The van der Waals surface area contributed by atoms with Gasteiger partial charge in [0.1, 0.15) is 4.90 Å². The Morgan fingerprint density at radius 3 is 2.08 bits per heavy atom. The molecule has 4 aromatic rings. The van der Waals surface area contributed by atoms with Gasteiger partial charge in [0.15, 0.2) is 18.2 Å². The standard InChI is InChI=1S/C27H20Cl2FNO5S/c28-22-7-4-8-23(29)27(22)37(34,35)31(16-18-5-2-1-3-6-18)21-12-9-19(10-13-21)20-11-14-25(24(30)15-20)36-17-26(32)33/h1-15H,16-17H2,(H,32,33). The number of sulfonamides is 1. The number of nitrogens with zero attached hydrogens (tertiary/aromatic N) is 1. The number of carboxylic acid groups (broad SMARTS) is 1. The van der Waals surface area contributed by atoms with Gasteiger partial charge in [-0.25, -0.2) is 17.6 Å². The van der Waals surface area contributed by atoms with Crippen molar-refractivity contribution in [2.24, 2.45) is 0 Å². The van der Waals surface area contributed by atoms with E-state index in [1.165, 1.54) is 28.6 Å². The van der Waals surface area contributed by atoms with Gasteiger partial charge in [-0.1, -0.05) is 77.8 Å². The molecule has 37 heavy (non-hydrogen) atoms. The maximum Gasteiger partial charge on any atom is 0.341 e. The molecule has 10 heteroatoms. The number of halogens is 3. The Morgan fingerprint density at radius 1 is 0.865 bits per heavy atom. The van der Waals surface area contributed by atoms with Crippen LogP contribution in [-0.2, 0) is 21.4 Å². The molecule has 0 amide bonds. The van der Waals surface area contributed by atoms with E-state index in [4.69, 9.17) is 33.0 Å². The summed E-state index contributed by atoms with van der Waals surface area (Å²) in [4.78, 5) is 10.5. The minimum Gasteiger partial charge on any atom is -0.479 e. The normalized spacial score (nSPS) is 11.2. The second-order valence-electron chi connectivity index (χ2n) is 7.92. The van der Waals surface area contributed by atoms with Gasteiger partial charge in [-0.3, -0.25) is 4.31 Å². The van der Waals surface area contributed by atoms with Crippen LogP contribution in [0, 0.1) is 5.82 Å². The summed E-state index contributed by atoms with van der Waals surface area (Å²) in [6.45, 7) is -0.638. The fourth-order valence-electron chi connectivity index (χ4n) is 3.66. The third-order valence-electron chi connectivity index (χ3n) is 5.41. The summed E-state index contributed by atoms with van der Waals surface area (Å²) in [6.07, 6.45) is 0. The molecule has 0 heterocycles. The highest BCUT2D eigenvalue weighted by atomic mass is 35.5. The van der Waals surface area contributed by atoms with E-state index in [9.17, 15) is 17.6 Å². The highest BCUT2D eigenvalue weighted by Gasteiger charge is 2.30. The van der Waals surface area contributed by atoms with Gasteiger partial charge >= 0.3 is 5.97 Å². The van der Waals surface area contributed by atoms with Gasteiger partial charge in [-0.05, 0) is 53.1 Å². The van der Waals surface area contributed by atoms with Crippen molar-refractivity contribution >= 4 is 44.9 Å². The van der Waals surface area contributed by atoms with E-state index >= 15 is 0 Å². The first-order valence-corrected chi connectivity index (χ1v) is 13.1. The summed E-state index contributed by atoms with van der Waals surface area (Å²) in [5.74, 6) is -2.11. The first kappa shape index (κ1) is 26.5. The molecular weight excluding hydrogens is 540 g/mol. The predicted molar refractivity (Wildman–Crippen MR) is 141 cm³/mol. The zero-order chi connectivity index (χ0) is 26.6. The minimum absolute atomic E-state index is 0.00265. The van der Waals surface area contributed by atoms with Crippen LogP contribution in [0.1, 0.15) is 5.56 Å². The van der Waals surface area contributed by atoms with Gasteiger partial charge in [-0.2, -0.15) is 0 Å². The lowest BCUT2D eigenvalue weighted by Crippen LogP contribution is -2.31. The molecule has 0 fully saturated rings. The Kier molecular flexibility index (Phi) is 8.02. The van der Waals surface area contributed by atoms with Crippen LogP contribution in [0.25, 0.3) is 11.1 Å². The third-order valence-corrected chi connectivity index (χ3v) is 8.14. The smallest absolute Gasteiger partial charge is 0.341 e. The Labute approximate surface area is 223 Å². The van der Waals surface area contributed by atoms with E-state index in [0.717, 1.165) is 5.56 Å². The predicted octanol–water partition coefficient (Wildman–Crippen LogP) is 6.66. The van der Waals surface area contributed by atoms with Crippen molar-refractivity contribution < 1.29 is 27.4 Å². The molecule has 0 aromatic heterocycles. The quantitative estimate of drug-likeness (QED) is 0.248. The topological polar surface area (TPSA) is 83.9 Å². The Hall–Kier alpha value is -3.59. The van der Waals surface area contributed by atoms with Crippen LogP contribution in [0.3, 0.4) is 0 Å². The monoisotopic (exact) mass is 559 g/mol. The van der Waals surface area contributed by atoms with Crippen LogP contribution >= 0.6 is 23.2 Å². The van der Waals surface area contributed by atoms with E-state index in [1.807, 2.05) is 30.3 Å². The molecule has 0 spiro atoms. The van der Waals surface area contributed by atoms with Gasteiger partial charge in [0.05, 0.1) is 22.3 Å². The van der Waals surface area contributed by atoms with Gasteiger partial charge < -0.3 is 9.84 Å². The Bertz CT molecular complexity index is 1510. The van der Waals surface area contributed by atoms with Crippen LogP contribution in [0.15, 0.2) is 95.9 Å². The number of benzene rings is 4. The maximum atomic E-state index is 14.4. The SMILES string of the molecule is O=C(O)COc1ccc(-c2ccc(N(Cc3ccccc3)S(=O)(=O)c3c(Cl)cccc3Cl)cc2)cc1F. The average molecular weight is 560 g/mol. The molecule has 0 saturated heterocycles. The molecule has 0 aliphatic heterocycles. The van der Waals surface area contributed by atoms with E-state index in [2.05, 4.69) is 0 Å². The fraction of sp³-hybridized carbons (Fsp3) is 0.0741. The molecule has 4 aromatic carbocycles. The second-order valence-corrected chi connectivity index (χ2v) is 10.5. The summed E-state index contributed by atoms with van der Waals surface area (Å²) < 4.78 is 48.1. The highest BCUT2D eigenvalue weighted by molar-refractivity contribution is 7.93. The molecule has 1 N–H and O–H groups in total. The number of ether oxygens (including phenoxy) is 1. The van der Waals surface area contributed by atoms with E-state index in [1.54, 1.807) is 36.4 Å². The zero-order valence-electron chi connectivity index (χ0n) is 19.1. The fourth-order valence-corrected chi connectivity index (χ4v) is 6.21. The number of anilines is 1. The van der Waals surface area contributed by atoms with Crippen molar-refractivity contribution in [1.82, 2.24) is 0 Å². The second kappa shape index (κ2) is 11.2. The van der Waals surface area contributed by atoms with Crippen molar-refractivity contribution in [3.05, 3.63) is 112 Å². The molecule has 0 saturated carbocycles. The summed E-state index contributed by atoms with van der Waals surface area (Å²) in [5.41, 5.74) is 2.21. The van der Waals surface area contributed by atoms with Gasteiger partial charge in [0.2, 0.25) is 0 Å². The first-order valence-electron chi connectivity index (χ1n) is 10.9. The average Bonchev–Trinajstić information content (AvgIpc) is 2.87. The van der Waals surface area contributed by atoms with Gasteiger partial charge in [0.25, 0.3) is 10.0 Å². The van der Waals surface area contributed by atoms with Crippen LogP contribution in [0.4, 0.5) is 10.1 Å². The summed E-state index contributed by atoms with van der Waals surface area (Å²) in [7, 11) is -4.17. The van der Waals surface area contributed by atoms with Crippen molar-refractivity contribution in [2.75, 3.05) is 10.9 Å². The lowest BCUT2D eigenvalue weighted by Gasteiger charge is -2.26. The number of carboxylic acids is 1. The summed E-state index contributed by atoms with van der Waals surface area (Å²) >= 11 is 12.5. The first-order chi connectivity index (χ1) is 17.7. The van der Waals surface area contributed by atoms with E-state index in [0.29, 0.717) is 16.8 Å². The van der Waals surface area contributed by atoms with Crippen LogP contribution in [0.2, 0.25) is 10.0 Å². The number of aliphatic carboxylic acids is 1. The van der Waals surface area contributed by atoms with E-state index < -0.39 is 28.4 Å². The number of carbonyl (C=O) groups is 1. The summed E-state index contributed by atoms with van der Waals surface area (Å²) in [5, 5.41) is 8.72. The van der Waals surface area contributed by atoms with Crippen LogP contribution in [0.5, 0.6) is 5.75 Å². The van der Waals surface area contributed by atoms with Gasteiger partial charge in [0, 0.05) is 0 Å². The molecule has 190 valence electrons. The molecule has 4 rings (SSSR count). The number of hydrogen-bond donors (Lipinski definition) is 1. The molecular formula is C27H20Cl2FNO5S. The van der Waals surface area contributed by atoms with Crippen molar-refractivity contribution in [3.8, 4) is 16.9 Å². The van der Waals surface area contributed by atoms with Crippen molar-refractivity contribution in [3.63, 3.8) is 0 Å². The molecule has 0 radical (unpaired) electrons. The third kappa shape index (κ3) is 6.05. The number of hydrogen-bond acceptors (Lipinski definition) is 4. The minimum atomic E-state index is -4.17. The molecule has 0 bridgehead atoms. The lowest BCUT2D eigenvalue weighted by molar-refractivity contribution is -0.139. The largest absolute Gasteiger partial charge is 0.479 e. The molecule has 0 unspecified atom stereocenters.